The topological polar surface area (TPSA) is 61.2 Å². The largest absolute Gasteiger partial charge is 0.460 e. The highest BCUT2D eigenvalue weighted by Gasteiger charge is 2.33. The SMILES string of the molecule is CC[C@H]1C(=O)OCc2c1cc1n(c2=O)Cc2cc3cc(C(C)C)ccc3nc2-1. The number of cyclic esters (lactones) is 1. The van der Waals surface area contributed by atoms with Gasteiger partial charge in [-0.1, -0.05) is 26.8 Å². The van der Waals surface area contributed by atoms with Crippen molar-refractivity contribution in [1.29, 1.82) is 0 Å². The van der Waals surface area contributed by atoms with Crippen molar-refractivity contribution in [2.24, 2.45) is 0 Å². The maximum atomic E-state index is 13.1. The van der Waals surface area contributed by atoms with Crippen LogP contribution in [0.3, 0.4) is 0 Å². The minimum atomic E-state index is -0.375. The van der Waals surface area contributed by atoms with E-state index in [1.165, 1.54) is 5.56 Å². The molecule has 5 nitrogen and oxygen atoms in total. The third-order valence-corrected chi connectivity index (χ3v) is 6.02. The Morgan fingerprint density at radius 2 is 2.04 bits per heavy atom. The van der Waals surface area contributed by atoms with Crippen LogP contribution in [0.4, 0.5) is 0 Å². The number of hydrogen-bond donors (Lipinski definition) is 0. The lowest BCUT2D eigenvalue weighted by atomic mass is 9.90. The Kier molecular flexibility index (Phi) is 3.69. The van der Waals surface area contributed by atoms with Crippen molar-refractivity contribution in [3.8, 4) is 11.4 Å². The van der Waals surface area contributed by atoms with Crippen LogP contribution in [-0.4, -0.2) is 15.5 Å². The molecule has 4 heterocycles. The van der Waals surface area contributed by atoms with Crippen LogP contribution in [0.2, 0.25) is 0 Å². The number of ether oxygens (including phenoxy) is 1. The highest BCUT2D eigenvalue weighted by Crippen LogP contribution is 2.37. The lowest BCUT2D eigenvalue weighted by Gasteiger charge is -2.24. The van der Waals surface area contributed by atoms with Gasteiger partial charge in [0.15, 0.2) is 0 Å². The van der Waals surface area contributed by atoms with Gasteiger partial charge in [-0.05, 0) is 47.7 Å². The van der Waals surface area contributed by atoms with Crippen LogP contribution in [-0.2, 0) is 22.7 Å². The third kappa shape index (κ3) is 2.35. The molecule has 28 heavy (non-hydrogen) atoms. The minimum Gasteiger partial charge on any atom is -0.460 e. The van der Waals surface area contributed by atoms with Crippen molar-refractivity contribution in [3.63, 3.8) is 0 Å². The molecular formula is C23H22N2O3. The van der Waals surface area contributed by atoms with Crippen molar-refractivity contribution in [1.82, 2.24) is 9.55 Å². The van der Waals surface area contributed by atoms with Gasteiger partial charge in [0.1, 0.15) is 6.61 Å². The lowest BCUT2D eigenvalue weighted by Crippen LogP contribution is -2.32. The normalized spacial score (nSPS) is 17.4. The zero-order chi connectivity index (χ0) is 19.6. The lowest BCUT2D eigenvalue weighted by molar-refractivity contribution is -0.148. The maximum Gasteiger partial charge on any atom is 0.313 e. The van der Waals surface area contributed by atoms with Crippen LogP contribution in [0.1, 0.15) is 61.3 Å². The molecule has 0 saturated heterocycles. The zero-order valence-electron chi connectivity index (χ0n) is 16.3. The van der Waals surface area contributed by atoms with Crippen molar-refractivity contribution in [2.75, 3.05) is 0 Å². The number of carbonyl (C=O) groups excluding carboxylic acids is 1. The molecule has 1 aromatic carbocycles. The summed E-state index contributed by atoms with van der Waals surface area (Å²) in [7, 11) is 0. The van der Waals surface area contributed by atoms with Gasteiger partial charge in [0.2, 0.25) is 0 Å². The molecule has 0 bridgehead atoms. The molecule has 0 spiro atoms. The molecule has 2 aromatic heterocycles. The van der Waals surface area contributed by atoms with Gasteiger partial charge in [-0.3, -0.25) is 9.59 Å². The third-order valence-electron chi connectivity index (χ3n) is 6.02. The first-order chi connectivity index (χ1) is 13.5. The number of esters is 1. The standard InChI is InChI=1S/C23H22N2O3/c1-4-16-17-9-20-21-15(10-25(20)22(26)18(17)11-28-23(16)27)8-14-7-13(12(2)3)5-6-19(14)24-21/h5-9,12,16H,4,10-11H2,1-3H3/t16-/m1/s1. The van der Waals surface area contributed by atoms with Gasteiger partial charge in [0.25, 0.3) is 5.56 Å². The quantitative estimate of drug-likeness (QED) is 0.496. The molecule has 142 valence electrons. The molecule has 2 aliphatic heterocycles. The Morgan fingerprint density at radius 3 is 2.79 bits per heavy atom. The van der Waals surface area contributed by atoms with E-state index in [1.54, 1.807) is 4.57 Å². The summed E-state index contributed by atoms with van der Waals surface area (Å²) < 4.78 is 7.02. The molecule has 0 saturated carbocycles. The molecule has 5 rings (SSSR count). The van der Waals surface area contributed by atoms with Gasteiger partial charge in [-0.15, -0.1) is 0 Å². The van der Waals surface area contributed by atoms with E-state index in [9.17, 15) is 9.59 Å². The molecule has 3 aromatic rings. The van der Waals surface area contributed by atoms with Crippen LogP contribution in [0, 0.1) is 0 Å². The van der Waals surface area contributed by atoms with E-state index in [1.807, 2.05) is 13.0 Å². The van der Waals surface area contributed by atoms with Gasteiger partial charge < -0.3 is 9.30 Å². The maximum absolute atomic E-state index is 13.1. The summed E-state index contributed by atoms with van der Waals surface area (Å²) in [6, 6.07) is 10.5. The van der Waals surface area contributed by atoms with E-state index in [-0.39, 0.29) is 24.1 Å². The molecule has 1 atom stereocenters. The highest BCUT2D eigenvalue weighted by molar-refractivity contribution is 5.85. The summed E-state index contributed by atoms with van der Waals surface area (Å²) in [5, 5.41) is 1.10. The molecule has 0 fully saturated rings. The fourth-order valence-electron chi connectivity index (χ4n) is 4.39. The van der Waals surface area contributed by atoms with E-state index in [0.29, 0.717) is 24.4 Å². The first-order valence-corrected chi connectivity index (χ1v) is 9.85. The Bertz CT molecular complexity index is 1210. The second kappa shape index (κ2) is 6.03. The molecule has 0 unspecified atom stereocenters. The van der Waals surface area contributed by atoms with Crippen molar-refractivity contribution >= 4 is 16.9 Å². The first-order valence-electron chi connectivity index (χ1n) is 9.85. The minimum absolute atomic E-state index is 0.0628. The van der Waals surface area contributed by atoms with Crippen LogP contribution in [0.25, 0.3) is 22.3 Å². The Labute approximate surface area is 163 Å². The summed E-state index contributed by atoms with van der Waals surface area (Å²) in [5.41, 5.74) is 6.25. The van der Waals surface area contributed by atoms with Gasteiger partial charge in [-0.25, -0.2) is 4.98 Å². The fraction of sp³-hybridized carbons (Fsp3) is 0.348. The zero-order valence-corrected chi connectivity index (χ0v) is 16.3. The fourth-order valence-corrected chi connectivity index (χ4v) is 4.39. The van der Waals surface area contributed by atoms with Crippen LogP contribution >= 0.6 is 0 Å². The monoisotopic (exact) mass is 374 g/mol. The average molecular weight is 374 g/mol. The molecule has 0 radical (unpaired) electrons. The van der Waals surface area contributed by atoms with Crippen LogP contribution < -0.4 is 5.56 Å². The number of rotatable bonds is 2. The Balaban J connectivity index is 1.72. The number of fused-ring (bicyclic) bond motifs is 5. The van der Waals surface area contributed by atoms with E-state index >= 15 is 0 Å². The molecule has 0 aliphatic carbocycles. The second-order valence-corrected chi connectivity index (χ2v) is 8.03. The van der Waals surface area contributed by atoms with Gasteiger partial charge in [0.05, 0.1) is 34.9 Å². The number of nitrogens with zero attached hydrogens (tertiary/aromatic N) is 2. The summed E-state index contributed by atoms with van der Waals surface area (Å²) in [6.45, 7) is 6.87. The smallest absolute Gasteiger partial charge is 0.313 e. The Hall–Kier alpha value is -2.95. The first kappa shape index (κ1) is 17.2. The Morgan fingerprint density at radius 1 is 1.21 bits per heavy atom. The summed E-state index contributed by atoms with van der Waals surface area (Å²) in [4.78, 5) is 30.2. The number of benzene rings is 1. The van der Waals surface area contributed by atoms with Crippen molar-refractivity contribution < 1.29 is 9.53 Å². The van der Waals surface area contributed by atoms with Crippen LogP contribution in [0.5, 0.6) is 0 Å². The number of hydrogen-bond acceptors (Lipinski definition) is 4. The van der Waals surface area contributed by atoms with Gasteiger partial charge in [-0.2, -0.15) is 0 Å². The van der Waals surface area contributed by atoms with Crippen LogP contribution in [0.15, 0.2) is 35.1 Å². The summed E-state index contributed by atoms with van der Waals surface area (Å²) in [5.74, 6) is -0.168. The number of pyridine rings is 2. The van der Waals surface area contributed by atoms with E-state index in [2.05, 4.69) is 38.1 Å². The average Bonchev–Trinajstić information content (AvgIpc) is 3.03. The van der Waals surface area contributed by atoms with Crippen molar-refractivity contribution in [3.05, 3.63) is 62.9 Å². The van der Waals surface area contributed by atoms with E-state index in [4.69, 9.17) is 9.72 Å². The number of carbonyl (C=O) groups is 1. The summed E-state index contributed by atoms with van der Waals surface area (Å²) >= 11 is 0. The van der Waals surface area contributed by atoms with E-state index < -0.39 is 0 Å². The van der Waals surface area contributed by atoms with Crippen molar-refractivity contribution in [2.45, 2.75) is 52.2 Å². The van der Waals surface area contributed by atoms with E-state index in [0.717, 1.165) is 33.4 Å². The highest BCUT2D eigenvalue weighted by atomic mass is 16.5. The molecule has 2 aliphatic rings. The van der Waals surface area contributed by atoms with Gasteiger partial charge in [0, 0.05) is 10.9 Å². The second-order valence-electron chi connectivity index (χ2n) is 8.03. The molecule has 0 N–H and O–H groups in total. The predicted octanol–water partition coefficient (Wildman–Crippen LogP) is 4.10. The summed E-state index contributed by atoms with van der Waals surface area (Å²) in [6.07, 6.45) is 0.616. The van der Waals surface area contributed by atoms with Gasteiger partial charge >= 0.3 is 5.97 Å². The molecular weight excluding hydrogens is 352 g/mol. The molecule has 5 heteroatoms. The molecule has 0 amide bonds. The number of aromatic nitrogens is 2. The predicted molar refractivity (Wildman–Crippen MR) is 107 cm³/mol.